The van der Waals surface area contributed by atoms with Crippen molar-refractivity contribution in [3.05, 3.63) is 35.9 Å². The van der Waals surface area contributed by atoms with Crippen LogP contribution >= 0.6 is 0 Å². The highest BCUT2D eigenvalue weighted by atomic mass is 16.5. The molecule has 0 saturated carbocycles. The monoisotopic (exact) mass is 306 g/mol. The molecule has 4 nitrogen and oxygen atoms in total. The minimum atomic E-state index is 0.632. The quantitative estimate of drug-likeness (QED) is 0.788. The fourth-order valence-corrected chi connectivity index (χ4v) is 4.46. The number of nitrogens with one attached hydrogen (secondary N) is 1. The smallest absolute Gasteiger partial charge is 0.158 e. The molecule has 4 aliphatic heterocycles. The number of furan rings is 2. The largest absolute Gasteiger partial charge is 0.488 e. The Hall–Kier alpha value is -2.20. The molecule has 7 rings (SSSR count). The molecule has 2 saturated heterocycles. The van der Waals surface area contributed by atoms with Crippen LogP contribution in [0.3, 0.4) is 0 Å². The average molecular weight is 306 g/mol. The van der Waals surface area contributed by atoms with E-state index >= 15 is 0 Å². The van der Waals surface area contributed by atoms with E-state index in [4.69, 9.17) is 9.15 Å². The first-order valence-electron chi connectivity index (χ1n) is 8.46. The van der Waals surface area contributed by atoms with E-state index in [1.54, 1.807) is 0 Å². The molecule has 1 aromatic carbocycles. The Morgan fingerprint density at radius 3 is 2.52 bits per heavy atom. The maximum atomic E-state index is 6.05. The van der Waals surface area contributed by atoms with E-state index < -0.39 is 0 Å². The lowest BCUT2D eigenvalue weighted by molar-refractivity contribution is 0.297. The summed E-state index contributed by atoms with van der Waals surface area (Å²) < 4.78 is 11.8. The Bertz CT molecular complexity index is 888. The zero-order valence-corrected chi connectivity index (χ0v) is 12.8. The van der Waals surface area contributed by atoms with Crippen molar-refractivity contribution < 1.29 is 9.15 Å². The lowest BCUT2D eigenvalue weighted by atomic mass is 9.99. The molecule has 2 fully saturated rings. The number of fused-ring (bicyclic) bond motifs is 7. The van der Waals surface area contributed by atoms with Crippen molar-refractivity contribution >= 4 is 16.9 Å². The molecule has 2 atom stereocenters. The summed E-state index contributed by atoms with van der Waals surface area (Å²) in [6.07, 6.45) is 2.59. The van der Waals surface area contributed by atoms with Crippen LogP contribution in [0, 0.1) is 0 Å². The molecule has 4 heteroatoms. The van der Waals surface area contributed by atoms with Gasteiger partial charge in [0.2, 0.25) is 0 Å². The molecule has 0 radical (unpaired) electrons. The van der Waals surface area contributed by atoms with Crippen LogP contribution in [0.2, 0.25) is 0 Å². The van der Waals surface area contributed by atoms with Gasteiger partial charge in [-0.05, 0) is 36.6 Å². The van der Waals surface area contributed by atoms with Gasteiger partial charge in [0.1, 0.15) is 17.9 Å². The van der Waals surface area contributed by atoms with Gasteiger partial charge in [-0.3, -0.25) is 0 Å². The van der Waals surface area contributed by atoms with Gasteiger partial charge in [-0.15, -0.1) is 0 Å². The number of hydrogen-bond acceptors (Lipinski definition) is 4. The number of rotatable bonds is 2. The Labute approximate surface area is 134 Å². The highest BCUT2D eigenvalue weighted by Crippen LogP contribution is 2.45. The fourth-order valence-electron chi connectivity index (χ4n) is 4.46. The lowest BCUT2D eigenvalue weighted by Crippen LogP contribution is -2.51. The molecule has 2 unspecified atom stereocenters. The Morgan fingerprint density at radius 1 is 1.00 bits per heavy atom. The van der Waals surface area contributed by atoms with Gasteiger partial charge in [0.15, 0.2) is 5.58 Å². The highest BCUT2D eigenvalue weighted by Gasteiger charge is 2.34. The summed E-state index contributed by atoms with van der Waals surface area (Å²) in [5, 5.41) is 3.70. The van der Waals surface area contributed by atoms with Crippen molar-refractivity contribution in [2.45, 2.75) is 31.5 Å². The van der Waals surface area contributed by atoms with Gasteiger partial charge >= 0.3 is 0 Å². The minimum Gasteiger partial charge on any atom is -0.488 e. The van der Waals surface area contributed by atoms with Crippen LogP contribution in [0.5, 0.6) is 5.75 Å². The predicted octanol–water partition coefficient (Wildman–Crippen LogP) is 3.37. The number of hydrogen-bond donors (Lipinski definition) is 1. The van der Waals surface area contributed by atoms with Crippen LogP contribution < -0.4 is 15.0 Å². The second-order valence-corrected chi connectivity index (χ2v) is 7.08. The number of anilines is 1. The number of benzene rings is 2. The summed E-state index contributed by atoms with van der Waals surface area (Å²) in [5.74, 6) is 0.968. The lowest BCUT2D eigenvalue weighted by Gasteiger charge is -2.34. The molecule has 6 bridgehead atoms. The summed E-state index contributed by atoms with van der Waals surface area (Å²) >= 11 is 0. The van der Waals surface area contributed by atoms with Crippen molar-refractivity contribution in [2.24, 2.45) is 0 Å². The van der Waals surface area contributed by atoms with Gasteiger partial charge < -0.3 is 19.4 Å². The zero-order valence-electron chi connectivity index (χ0n) is 12.8. The fraction of sp³-hybridized carbons (Fsp3) is 0.368. The number of piperazine rings is 1. The van der Waals surface area contributed by atoms with Gasteiger partial charge in [-0.25, -0.2) is 0 Å². The molecule has 2 aromatic heterocycles. The van der Waals surface area contributed by atoms with E-state index in [2.05, 4.69) is 40.5 Å². The molecule has 23 heavy (non-hydrogen) atoms. The first kappa shape index (κ1) is 12.3. The summed E-state index contributed by atoms with van der Waals surface area (Å²) in [7, 11) is 0. The van der Waals surface area contributed by atoms with Gasteiger partial charge in [0, 0.05) is 42.4 Å². The maximum Gasteiger partial charge on any atom is 0.158 e. The molecule has 0 spiro atoms. The SMILES string of the molecule is c1cc2c(-c3cc4cc(N5CC6CCC(C5)N6)c3o4)cc1CO2. The van der Waals surface area contributed by atoms with E-state index in [1.807, 2.05) is 0 Å². The van der Waals surface area contributed by atoms with E-state index in [-0.39, 0.29) is 0 Å². The Morgan fingerprint density at radius 2 is 1.87 bits per heavy atom. The molecule has 0 amide bonds. The highest BCUT2D eigenvalue weighted by molar-refractivity contribution is 5.97. The molecule has 0 aliphatic carbocycles. The molecule has 4 aliphatic rings. The van der Waals surface area contributed by atoms with E-state index in [0.717, 1.165) is 30.0 Å². The molecule has 6 heterocycles. The van der Waals surface area contributed by atoms with E-state index in [1.165, 1.54) is 35.2 Å². The summed E-state index contributed by atoms with van der Waals surface area (Å²) in [6.45, 7) is 2.86. The van der Waals surface area contributed by atoms with Gasteiger partial charge in [0.25, 0.3) is 0 Å². The summed E-state index contributed by atoms with van der Waals surface area (Å²) in [5.41, 5.74) is 6.82. The Kier molecular flexibility index (Phi) is 2.24. The van der Waals surface area contributed by atoms with Crippen molar-refractivity contribution in [2.75, 3.05) is 18.0 Å². The second-order valence-electron chi connectivity index (χ2n) is 7.08. The van der Waals surface area contributed by atoms with Crippen LogP contribution in [0.1, 0.15) is 18.4 Å². The third kappa shape index (κ3) is 1.70. The molecule has 116 valence electrons. The van der Waals surface area contributed by atoms with E-state index in [0.29, 0.717) is 18.7 Å². The van der Waals surface area contributed by atoms with Crippen LogP contribution in [-0.2, 0) is 6.61 Å². The van der Waals surface area contributed by atoms with Crippen LogP contribution in [-0.4, -0.2) is 25.2 Å². The third-order valence-corrected chi connectivity index (χ3v) is 5.55. The molecular weight excluding hydrogens is 288 g/mol. The van der Waals surface area contributed by atoms with Gasteiger partial charge in [-0.2, -0.15) is 0 Å². The third-order valence-electron chi connectivity index (χ3n) is 5.55. The van der Waals surface area contributed by atoms with Crippen molar-refractivity contribution in [1.29, 1.82) is 0 Å². The van der Waals surface area contributed by atoms with E-state index in [9.17, 15) is 0 Å². The molecular formula is C19H18N2O2. The van der Waals surface area contributed by atoms with Crippen LogP contribution in [0.25, 0.3) is 22.3 Å². The minimum absolute atomic E-state index is 0.632. The normalized spacial score (nSPS) is 25.5. The average Bonchev–Trinajstić information content (AvgIpc) is 3.30. The second kappa shape index (κ2) is 4.20. The number of nitrogens with zero attached hydrogens (tertiary/aromatic N) is 1. The summed E-state index contributed by atoms with van der Waals surface area (Å²) in [6, 6.07) is 12.1. The summed E-state index contributed by atoms with van der Waals surface area (Å²) in [4.78, 5) is 2.50. The van der Waals surface area contributed by atoms with Crippen LogP contribution in [0.15, 0.2) is 34.7 Å². The topological polar surface area (TPSA) is 37.6 Å². The van der Waals surface area contributed by atoms with Gasteiger partial charge in [0.05, 0.1) is 5.69 Å². The number of ether oxygens (including phenoxy) is 1. The first-order chi connectivity index (χ1) is 11.3. The zero-order chi connectivity index (χ0) is 15.0. The van der Waals surface area contributed by atoms with Crippen molar-refractivity contribution in [3.63, 3.8) is 0 Å². The molecule has 3 aromatic rings. The Balaban J connectivity index is 1.46. The van der Waals surface area contributed by atoms with Crippen molar-refractivity contribution in [1.82, 2.24) is 5.32 Å². The maximum absolute atomic E-state index is 6.05. The van der Waals surface area contributed by atoms with Gasteiger partial charge in [-0.1, -0.05) is 6.07 Å². The standard InChI is InChI=1S/C19H18N2O2/c1-4-18-15(5-11(1)10-22-18)16-6-14-7-17(19(16)23-14)21-8-12-2-3-13(9-21)20-12/h1,4-7,12-13,20H,2-3,8-10H2. The van der Waals surface area contributed by atoms with Crippen molar-refractivity contribution in [3.8, 4) is 16.9 Å². The van der Waals surface area contributed by atoms with Crippen LogP contribution in [0.4, 0.5) is 5.69 Å². The molecule has 1 N–H and O–H groups in total. The first-order valence-corrected chi connectivity index (χ1v) is 8.46. The predicted molar refractivity (Wildman–Crippen MR) is 89.3 cm³/mol.